The van der Waals surface area contributed by atoms with Gasteiger partial charge >= 0.3 is 0 Å². The highest BCUT2D eigenvalue weighted by Crippen LogP contribution is 2.17. The summed E-state index contributed by atoms with van der Waals surface area (Å²) in [5, 5.41) is 0. The first-order valence-electron chi connectivity index (χ1n) is 7.80. The first kappa shape index (κ1) is 14.8. The molecule has 2 atom stereocenters. The molecule has 4 nitrogen and oxygen atoms in total. The summed E-state index contributed by atoms with van der Waals surface area (Å²) >= 11 is 0. The zero-order valence-corrected chi connectivity index (χ0v) is 12.1. The zero-order chi connectivity index (χ0) is 13.5. The van der Waals surface area contributed by atoms with E-state index in [0.717, 1.165) is 32.7 Å². The molecule has 1 amide bonds. The van der Waals surface area contributed by atoms with Gasteiger partial charge in [0.15, 0.2) is 0 Å². The van der Waals surface area contributed by atoms with E-state index >= 15 is 0 Å². The molecule has 0 radical (unpaired) electrons. The summed E-state index contributed by atoms with van der Waals surface area (Å²) in [7, 11) is 0. The van der Waals surface area contributed by atoms with Crippen LogP contribution in [0.3, 0.4) is 0 Å². The molecule has 2 heterocycles. The average molecular weight is 269 g/mol. The normalized spacial score (nSPS) is 24.3. The summed E-state index contributed by atoms with van der Waals surface area (Å²) in [6.07, 6.45) is 8.62. The van der Waals surface area contributed by atoms with Gasteiger partial charge in [-0.25, -0.2) is 0 Å². The maximum Gasteiger partial charge on any atom is 0.222 e. The minimum Gasteiger partial charge on any atom is -0.371 e. The summed E-state index contributed by atoms with van der Waals surface area (Å²) in [5.41, 5.74) is 0. The molecule has 4 heteroatoms. The van der Waals surface area contributed by atoms with Gasteiger partial charge in [0.1, 0.15) is 0 Å². The Morgan fingerprint density at radius 3 is 2.05 bits per heavy atom. The van der Waals surface area contributed by atoms with Gasteiger partial charge in [-0.2, -0.15) is 0 Å². The van der Waals surface area contributed by atoms with E-state index < -0.39 is 0 Å². The van der Waals surface area contributed by atoms with Gasteiger partial charge in [0, 0.05) is 19.5 Å². The molecule has 2 fully saturated rings. The van der Waals surface area contributed by atoms with Crippen molar-refractivity contribution in [3.05, 3.63) is 0 Å². The molecule has 0 aliphatic carbocycles. The van der Waals surface area contributed by atoms with Crippen LogP contribution in [0.4, 0.5) is 0 Å². The minimum absolute atomic E-state index is 0.279. The molecule has 0 aromatic carbocycles. The van der Waals surface area contributed by atoms with Crippen LogP contribution in [0.25, 0.3) is 0 Å². The summed E-state index contributed by atoms with van der Waals surface area (Å²) in [6, 6.07) is 0. The number of rotatable bonds is 11. The van der Waals surface area contributed by atoms with E-state index in [1.165, 1.54) is 32.1 Å². The SMILES string of the molecule is CCCCCCCCC(=O)N(CC1CO1)CC1CO1. The van der Waals surface area contributed by atoms with Crippen molar-refractivity contribution in [3.63, 3.8) is 0 Å². The molecule has 110 valence electrons. The van der Waals surface area contributed by atoms with Crippen LogP contribution in [0, 0.1) is 0 Å². The van der Waals surface area contributed by atoms with Gasteiger partial charge in [-0.05, 0) is 6.42 Å². The highest BCUT2D eigenvalue weighted by atomic mass is 16.6. The van der Waals surface area contributed by atoms with E-state index in [4.69, 9.17) is 9.47 Å². The van der Waals surface area contributed by atoms with E-state index in [9.17, 15) is 4.79 Å². The van der Waals surface area contributed by atoms with Gasteiger partial charge in [-0.1, -0.05) is 39.0 Å². The smallest absolute Gasteiger partial charge is 0.222 e. The van der Waals surface area contributed by atoms with E-state index in [0.29, 0.717) is 6.42 Å². The van der Waals surface area contributed by atoms with Gasteiger partial charge in [-0.15, -0.1) is 0 Å². The van der Waals surface area contributed by atoms with Gasteiger partial charge in [-0.3, -0.25) is 4.79 Å². The summed E-state index contributed by atoms with van der Waals surface area (Å²) in [4.78, 5) is 14.1. The first-order valence-corrected chi connectivity index (χ1v) is 7.80. The Morgan fingerprint density at radius 2 is 1.53 bits per heavy atom. The van der Waals surface area contributed by atoms with Crippen LogP contribution >= 0.6 is 0 Å². The summed E-state index contributed by atoms with van der Waals surface area (Å²) in [5.74, 6) is 0.279. The third kappa shape index (κ3) is 6.39. The molecule has 0 N–H and O–H groups in total. The number of carbonyl (C=O) groups is 1. The molecule has 0 saturated carbocycles. The molecule has 0 aromatic rings. The molecule has 2 aliphatic rings. The second-order valence-electron chi connectivity index (χ2n) is 5.73. The van der Waals surface area contributed by atoms with Crippen molar-refractivity contribution >= 4 is 5.91 Å². The van der Waals surface area contributed by atoms with E-state index in [1.54, 1.807) is 0 Å². The molecule has 0 aromatic heterocycles. The number of epoxide rings is 2. The lowest BCUT2D eigenvalue weighted by Gasteiger charge is -2.21. The van der Waals surface area contributed by atoms with Crippen LogP contribution in [-0.2, 0) is 14.3 Å². The topological polar surface area (TPSA) is 45.4 Å². The fraction of sp³-hybridized carbons (Fsp3) is 0.933. The summed E-state index contributed by atoms with van der Waals surface area (Å²) in [6.45, 7) is 5.36. The monoisotopic (exact) mass is 269 g/mol. The number of nitrogens with zero attached hydrogens (tertiary/aromatic N) is 1. The zero-order valence-electron chi connectivity index (χ0n) is 12.1. The number of amides is 1. The van der Waals surface area contributed by atoms with Crippen LogP contribution in [0.15, 0.2) is 0 Å². The molecular formula is C15H27NO3. The highest BCUT2D eigenvalue weighted by Gasteiger charge is 2.32. The minimum atomic E-state index is 0.279. The van der Waals surface area contributed by atoms with Gasteiger partial charge in [0.2, 0.25) is 5.91 Å². The van der Waals surface area contributed by atoms with Gasteiger partial charge in [0.25, 0.3) is 0 Å². The predicted molar refractivity (Wildman–Crippen MR) is 74.1 cm³/mol. The Kier molecular flexibility index (Phi) is 6.11. The van der Waals surface area contributed by atoms with E-state index in [-0.39, 0.29) is 18.1 Å². The van der Waals surface area contributed by atoms with Crippen molar-refractivity contribution in [1.29, 1.82) is 0 Å². The molecular weight excluding hydrogens is 242 g/mol. The van der Waals surface area contributed by atoms with Crippen molar-refractivity contribution in [2.75, 3.05) is 26.3 Å². The number of hydrogen-bond donors (Lipinski definition) is 0. The van der Waals surface area contributed by atoms with Crippen LogP contribution in [-0.4, -0.2) is 49.3 Å². The second kappa shape index (κ2) is 7.85. The second-order valence-corrected chi connectivity index (χ2v) is 5.73. The quantitative estimate of drug-likeness (QED) is 0.427. The third-order valence-corrected chi connectivity index (χ3v) is 3.75. The number of hydrogen-bond acceptors (Lipinski definition) is 3. The molecule has 0 spiro atoms. The Hall–Kier alpha value is -0.610. The maximum atomic E-state index is 12.2. The van der Waals surface area contributed by atoms with E-state index in [1.807, 2.05) is 4.90 Å². The molecule has 2 aliphatic heterocycles. The largest absolute Gasteiger partial charge is 0.371 e. The molecule has 19 heavy (non-hydrogen) atoms. The lowest BCUT2D eigenvalue weighted by atomic mass is 10.1. The third-order valence-electron chi connectivity index (χ3n) is 3.75. The van der Waals surface area contributed by atoms with Gasteiger partial charge in [0.05, 0.1) is 25.4 Å². The van der Waals surface area contributed by atoms with Crippen LogP contribution in [0.2, 0.25) is 0 Å². The highest BCUT2D eigenvalue weighted by molar-refractivity contribution is 5.76. The van der Waals surface area contributed by atoms with Crippen molar-refractivity contribution in [2.24, 2.45) is 0 Å². The van der Waals surface area contributed by atoms with Crippen LogP contribution in [0.5, 0.6) is 0 Å². The number of carbonyl (C=O) groups excluding carboxylic acids is 1. The van der Waals surface area contributed by atoms with Crippen molar-refractivity contribution in [1.82, 2.24) is 4.90 Å². The van der Waals surface area contributed by atoms with E-state index in [2.05, 4.69) is 6.92 Å². The fourth-order valence-corrected chi connectivity index (χ4v) is 2.33. The Labute approximate surface area is 116 Å². The lowest BCUT2D eigenvalue weighted by molar-refractivity contribution is -0.131. The average Bonchev–Trinajstić information content (AvgIpc) is 3.27. The first-order chi connectivity index (χ1) is 9.29. The standard InChI is InChI=1S/C15H27NO3/c1-2-3-4-5-6-7-8-15(17)16(9-13-11-18-13)10-14-12-19-14/h13-14H,2-12H2,1H3. The predicted octanol–water partition coefficient (Wildman–Crippen LogP) is 2.36. The number of ether oxygens (including phenoxy) is 2. The summed E-state index contributed by atoms with van der Waals surface area (Å²) < 4.78 is 10.5. The fourth-order valence-electron chi connectivity index (χ4n) is 2.33. The van der Waals surface area contributed by atoms with Crippen LogP contribution < -0.4 is 0 Å². The maximum absolute atomic E-state index is 12.2. The lowest BCUT2D eigenvalue weighted by Crippen LogP contribution is -2.37. The Bertz CT molecular complexity index is 261. The van der Waals surface area contributed by atoms with Gasteiger partial charge < -0.3 is 14.4 Å². The Morgan fingerprint density at radius 1 is 1.00 bits per heavy atom. The molecule has 2 saturated heterocycles. The van der Waals surface area contributed by atoms with Crippen LogP contribution in [0.1, 0.15) is 51.9 Å². The number of unbranched alkanes of at least 4 members (excludes halogenated alkanes) is 5. The van der Waals surface area contributed by atoms with Crippen molar-refractivity contribution < 1.29 is 14.3 Å². The molecule has 0 bridgehead atoms. The Balaban J connectivity index is 1.57. The molecule has 2 unspecified atom stereocenters. The van der Waals surface area contributed by atoms with Crippen molar-refractivity contribution in [2.45, 2.75) is 64.1 Å². The molecule has 2 rings (SSSR count). The van der Waals surface area contributed by atoms with Crippen molar-refractivity contribution in [3.8, 4) is 0 Å².